The Morgan fingerprint density at radius 1 is 1.20 bits per heavy atom. The van der Waals surface area contributed by atoms with E-state index in [4.69, 9.17) is 4.74 Å². The van der Waals surface area contributed by atoms with Gasteiger partial charge in [-0.15, -0.1) is 11.3 Å². The zero-order valence-electron chi connectivity index (χ0n) is 11.9. The molecule has 0 aliphatic rings. The molecule has 108 valence electrons. The van der Waals surface area contributed by atoms with Gasteiger partial charge in [-0.05, 0) is 71.5 Å². The topological polar surface area (TPSA) is 12.5 Å². The highest BCUT2D eigenvalue weighted by Crippen LogP contribution is 2.23. The standard InChI is InChI=1S/C16H20BrNOS/c1-18(12-16-15(17)9-11-20-16)10-3-4-13-5-7-14(19-2)8-6-13/h5-9,11H,3-4,10,12H2,1-2H3. The van der Waals surface area contributed by atoms with Crippen LogP contribution >= 0.6 is 27.3 Å². The summed E-state index contributed by atoms with van der Waals surface area (Å²) in [7, 11) is 3.88. The van der Waals surface area contributed by atoms with Crippen molar-refractivity contribution in [2.45, 2.75) is 19.4 Å². The highest BCUT2D eigenvalue weighted by atomic mass is 79.9. The van der Waals surface area contributed by atoms with Crippen molar-refractivity contribution in [1.29, 1.82) is 0 Å². The van der Waals surface area contributed by atoms with Crippen molar-refractivity contribution >= 4 is 27.3 Å². The zero-order chi connectivity index (χ0) is 14.4. The van der Waals surface area contributed by atoms with E-state index in [9.17, 15) is 0 Å². The van der Waals surface area contributed by atoms with E-state index in [2.05, 4.69) is 51.5 Å². The third-order valence-electron chi connectivity index (χ3n) is 3.27. The van der Waals surface area contributed by atoms with Crippen LogP contribution in [0.2, 0.25) is 0 Å². The van der Waals surface area contributed by atoms with E-state index >= 15 is 0 Å². The van der Waals surface area contributed by atoms with Crippen molar-refractivity contribution in [1.82, 2.24) is 4.90 Å². The highest BCUT2D eigenvalue weighted by Gasteiger charge is 2.05. The predicted molar refractivity (Wildman–Crippen MR) is 89.7 cm³/mol. The van der Waals surface area contributed by atoms with Crippen LogP contribution in [0.3, 0.4) is 0 Å². The summed E-state index contributed by atoms with van der Waals surface area (Å²) in [5, 5.41) is 2.13. The maximum Gasteiger partial charge on any atom is 0.118 e. The zero-order valence-corrected chi connectivity index (χ0v) is 14.3. The quantitative estimate of drug-likeness (QED) is 0.721. The summed E-state index contributed by atoms with van der Waals surface area (Å²) in [6.07, 6.45) is 2.28. The lowest BCUT2D eigenvalue weighted by Crippen LogP contribution is -2.19. The van der Waals surface area contributed by atoms with Crippen molar-refractivity contribution < 1.29 is 4.74 Å². The molecule has 1 aromatic heterocycles. The fourth-order valence-electron chi connectivity index (χ4n) is 2.11. The van der Waals surface area contributed by atoms with E-state index in [-0.39, 0.29) is 0 Å². The first-order valence-corrected chi connectivity index (χ1v) is 8.39. The van der Waals surface area contributed by atoms with Crippen LogP contribution in [0.4, 0.5) is 0 Å². The van der Waals surface area contributed by atoms with Gasteiger partial charge in [0.05, 0.1) is 7.11 Å². The Labute approximate surface area is 133 Å². The molecule has 2 aromatic rings. The third kappa shape index (κ3) is 4.62. The number of benzene rings is 1. The van der Waals surface area contributed by atoms with Gasteiger partial charge in [-0.1, -0.05) is 12.1 Å². The van der Waals surface area contributed by atoms with Crippen LogP contribution < -0.4 is 4.74 Å². The fourth-order valence-corrected chi connectivity index (χ4v) is 3.66. The molecular weight excluding hydrogens is 334 g/mol. The largest absolute Gasteiger partial charge is 0.497 e. The molecule has 2 nitrogen and oxygen atoms in total. The van der Waals surface area contributed by atoms with Gasteiger partial charge < -0.3 is 9.64 Å². The van der Waals surface area contributed by atoms with Gasteiger partial charge in [0, 0.05) is 15.9 Å². The summed E-state index contributed by atoms with van der Waals surface area (Å²) in [5.41, 5.74) is 1.37. The van der Waals surface area contributed by atoms with Gasteiger partial charge in [0.25, 0.3) is 0 Å². The van der Waals surface area contributed by atoms with Crippen LogP contribution in [-0.2, 0) is 13.0 Å². The normalized spacial score (nSPS) is 11.0. The Balaban J connectivity index is 1.73. The van der Waals surface area contributed by atoms with Gasteiger partial charge in [-0.25, -0.2) is 0 Å². The lowest BCUT2D eigenvalue weighted by atomic mass is 10.1. The van der Waals surface area contributed by atoms with Gasteiger partial charge in [-0.3, -0.25) is 0 Å². The van der Waals surface area contributed by atoms with E-state index in [1.165, 1.54) is 21.3 Å². The number of thiophene rings is 1. The van der Waals surface area contributed by atoms with Crippen LogP contribution in [-0.4, -0.2) is 25.6 Å². The van der Waals surface area contributed by atoms with Crippen LogP contribution in [0, 0.1) is 0 Å². The molecule has 1 aromatic carbocycles. The Hall–Kier alpha value is -0.840. The number of halogens is 1. The molecule has 0 bridgehead atoms. The first kappa shape index (κ1) is 15.5. The third-order valence-corrected chi connectivity index (χ3v) is 5.18. The van der Waals surface area contributed by atoms with Crippen molar-refractivity contribution in [3.63, 3.8) is 0 Å². The second kappa shape index (κ2) is 7.81. The molecule has 4 heteroatoms. The van der Waals surface area contributed by atoms with Crippen molar-refractivity contribution in [3.8, 4) is 5.75 Å². The molecule has 0 atom stereocenters. The monoisotopic (exact) mass is 353 g/mol. The van der Waals surface area contributed by atoms with Crippen LogP contribution in [0.1, 0.15) is 16.9 Å². The molecule has 20 heavy (non-hydrogen) atoms. The van der Waals surface area contributed by atoms with Crippen molar-refractivity contribution in [2.24, 2.45) is 0 Å². The molecule has 2 rings (SSSR count). The minimum absolute atomic E-state index is 0.924. The van der Waals surface area contributed by atoms with Gasteiger partial charge in [0.15, 0.2) is 0 Å². The van der Waals surface area contributed by atoms with E-state index < -0.39 is 0 Å². The maximum atomic E-state index is 5.17. The lowest BCUT2D eigenvalue weighted by molar-refractivity contribution is 0.324. The van der Waals surface area contributed by atoms with E-state index in [1.807, 2.05) is 23.5 Å². The fraction of sp³-hybridized carbons (Fsp3) is 0.375. The minimum Gasteiger partial charge on any atom is -0.497 e. The van der Waals surface area contributed by atoms with Gasteiger partial charge in [0.1, 0.15) is 5.75 Å². The smallest absolute Gasteiger partial charge is 0.118 e. The van der Waals surface area contributed by atoms with Gasteiger partial charge >= 0.3 is 0 Å². The lowest BCUT2D eigenvalue weighted by Gasteiger charge is -2.16. The summed E-state index contributed by atoms with van der Waals surface area (Å²) in [4.78, 5) is 3.78. The molecule has 0 amide bonds. The van der Waals surface area contributed by atoms with Gasteiger partial charge in [-0.2, -0.15) is 0 Å². The number of nitrogens with zero attached hydrogens (tertiary/aromatic N) is 1. The summed E-state index contributed by atoms with van der Waals surface area (Å²) in [5.74, 6) is 0.924. The number of aryl methyl sites for hydroxylation is 1. The summed E-state index contributed by atoms with van der Waals surface area (Å²) < 4.78 is 6.40. The van der Waals surface area contributed by atoms with E-state index in [0.717, 1.165) is 25.3 Å². The Kier molecular flexibility index (Phi) is 6.07. The molecule has 0 N–H and O–H groups in total. The predicted octanol–water partition coefficient (Wildman–Crippen LogP) is 4.58. The molecule has 0 spiro atoms. The van der Waals surface area contributed by atoms with Gasteiger partial charge in [0.2, 0.25) is 0 Å². The van der Waals surface area contributed by atoms with Crippen LogP contribution in [0.25, 0.3) is 0 Å². The van der Waals surface area contributed by atoms with E-state index in [1.54, 1.807) is 7.11 Å². The first-order chi connectivity index (χ1) is 9.69. The molecule has 0 saturated carbocycles. The molecule has 0 aliphatic heterocycles. The molecular formula is C16H20BrNOS. The van der Waals surface area contributed by atoms with Crippen molar-refractivity contribution in [3.05, 3.63) is 50.6 Å². The average Bonchev–Trinajstić information content (AvgIpc) is 2.85. The molecule has 0 fully saturated rings. The minimum atomic E-state index is 0.924. The Morgan fingerprint density at radius 2 is 1.95 bits per heavy atom. The number of rotatable bonds is 7. The summed E-state index contributed by atoms with van der Waals surface area (Å²) in [6, 6.07) is 10.5. The molecule has 0 unspecified atom stereocenters. The van der Waals surface area contributed by atoms with Crippen molar-refractivity contribution in [2.75, 3.05) is 20.7 Å². The summed E-state index contributed by atoms with van der Waals surface area (Å²) >= 11 is 5.39. The van der Waals surface area contributed by atoms with Crippen LogP contribution in [0.5, 0.6) is 5.75 Å². The Bertz CT molecular complexity index is 524. The molecule has 1 heterocycles. The summed E-state index contributed by atoms with van der Waals surface area (Å²) in [6.45, 7) is 2.12. The van der Waals surface area contributed by atoms with E-state index in [0.29, 0.717) is 0 Å². The number of hydrogen-bond donors (Lipinski definition) is 0. The second-order valence-electron chi connectivity index (χ2n) is 4.88. The number of hydrogen-bond acceptors (Lipinski definition) is 3. The highest BCUT2D eigenvalue weighted by molar-refractivity contribution is 9.10. The number of methoxy groups -OCH3 is 1. The first-order valence-electron chi connectivity index (χ1n) is 6.72. The SMILES string of the molecule is COc1ccc(CCCN(C)Cc2sccc2Br)cc1. The molecule has 0 radical (unpaired) electrons. The maximum absolute atomic E-state index is 5.17. The molecule has 0 aliphatic carbocycles. The Morgan fingerprint density at radius 3 is 2.55 bits per heavy atom. The number of ether oxygens (including phenoxy) is 1. The molecule has 0 saturated heterocycles. The average molecular weight is 354 g/mol. The second-order valence-corrected chi connectivity index (χ2v) is 6.74. The van der Waals surface area contributed by atoms with Crippen LogP contribution in [0.15, 0.2) is 40.2 Å².